The van der Waals surface area contributed by atoms with Crippen molar-refractivity contribution >= 4 is 39.0 Å². The molecule has 0 spiro atoms. The van der Waals surface area contributed by atoms with Crippen LogP contribution in [0.2, 0.25) is 0 Å². The maximum absolute atomic E-state index is 6.84. The Kier molecular flexibility index (Phi) is 8.55. The van der Waals surface area contributed by atoms with Gasteiger partial charge in [-0.25, -0.2) is 0 Å². The first-order valence-corrected chi connectivity index (χ1v) is 19.1. The average Bonchev–Trinajstić information content (AvgIpc) is 3.68. The summed E-state index contributed by atoms with van der Waals surface area (Å²) in [6, 6.07) is 79.8. The van der Waals surface area contributed by atoms with Gasteiger partial charge in [0, 0.05) is 39.0 Å². The Bertz CT molecular complexity index is 2810. The fourth-order valence-electron chi connectivity index (χ4n) is 7.85. The van der Waals surface area contributed by atoms with Gasteiger partial charge in [0.25, 0.3) is 0 Å². The molecular weight excluding hydrogens is 679 g/mol. The number of fused-ring (bicyclic) bond motifs is 3. The van der Waals surface area contributed by atoms with Crippen LogP contribution in [0.25, 0.3) is 77.6 Å². The van der Waals surface area contributed by atoms with E-state index in [4.69, 9.17) is 4.42 Å². The minimum Gasteiger partial charge on any atom is -0.455 e. The summed E-state index contributed by atoms with van der Waals surface area (Å²) in [4.78, 5) is 2.32. The molecule has 0 aliphatic carbocycles. The predicted octanol–water partition coefficient (Wildman–Crippen LogP) is 15.4. The molecule has 0 amide bonds. The first-order valence-electron chi connectivity index (χ1n) is 19.1. The van der Waals surface area contributed by atoms with Crippen LogP contribution in [0, 0.1) is 0 Å². The second kappa shape index (κ2) is 14.4. The molecule has 0 bridgehead atoms. The summed E-state index contributed by atoms with van der Waals surface area (Å²) in [6.07, 6.45) is 0. The monoisotopic (exact) mass is 715 g/mol. The van der Waals surface area contributed by atoms with Crippen molar-refractivity contribution in [1.82, 2.24) is 0 Å². The van der Waals surface area contributed by atoms with Crippen LogP contribution < -0.4 is 4.90 Å². The third kappa shape index (κ3) is 6.24. The second-order valence-electron chi connectivity index (χ2n) is 14.1. The molecule has 56 heavy (non-hydrogen) atoms. The van der Waals surface area contributed by atoms with Crippen LogP contribution in [-0.4, -0.2) is 0 Å². The van der Waals surface area contributed by atoms with Crippen molar-refractivity contribution in [2.45, 2.75) is 0 Å². The van der Waals surface area contributed by atoms with Crippen molar-refractivity contribution in [3.8, 4) is 55.6 Å². The highest BCUT2D eigenvalue weighted by Gasteiger charge is 2.18. The van der Waals surface area contributed by atoms with Gasteiger partial charge in [0.2, 0.25) is 0 Å². The van der Waals surface area contributed by atoms with Crippen LogP contribution in [0.15, 0.2) is 229 Å². The summed E-state index contributed by atoms with van der Waals surface area (Å²) >= 11 is 0. The van der Waals surface area contributed by atoms with Crippen LogP contribution in [0.5, 0.6) is 0 Å². The lowest BCUT2D eigenvalue weighted by Gasteiger charge is -2.26. The molecule has 1 aromatic heterocycles. The van der Waals surface area contributed by atoms with E-state index in [1.165, 1.54) is 33.4 Å². The number of rotatable bonds is 8. The third-order valence-electron chi connectivity index (χ3n) is 10.7. The van der Waals surface area contributed by atoms with E-state index in [1.807, 2.05) is 0 Å². The van der Waals surface area contributed by atoms with Gasteiger partial charge in [-0.05, 0) is 80.9 Å². The minimum absolute atomic E-state index is 0.897. The molecule has 0 radical (unpaired) electrons. The Morgan fingerprint density at radius 3 is 0.875 bits per heavy atom. The molecule has 0 fully saturated rings. The molecule has 1 heterocycles. The summed E-state index contributed by atoms with van der Waals surface area (Å²) < 4.78 is 6.84. The highest BCUT2D eigenvalue weighted by molar-refractivity contribution is 6.13. The van der Waals surface area contributed by atoms with Gasteiger partial charge in [0.1, 0.15) is 11.2 Å². The molecule has 2 nitrogen and oxygen atoms in total. The summed E-state index contributed by atoms with van der Waals surface area (Å²) in [7, 11) is 0. The van der Waals surface area contributed by atoms with E-state index < -0.39 is 0 Å². The number of benzene rings is 9. The lowest BCUT2D eigenvalue weighted by atomic mass is 9.98. The van der Waals surface area contributed by atoms with Gasteiger partial charge in [0.15, 0.2) is 0 Å². The van der Waals surface area contributed by atoms with Crippen LogP contribution in [-0.2, 0) is 0 Å². The predicted molar refractivity (Wildman–Crippen MR) is 236 cm³/mol. The van der Waals surface area contributed by atoms with E-state index in [0.29, 0.717) is 0 Å². The van der Waals surface area contributed by atoms with Gasteiger partial charge < -0.3 is 9.32 Å². The maximum Gasteiger partial charge on any atom is 0.143 e. The number of furan rings is 1. The molecular formula is C54H37NO. The molecule has 10 aromatic rings. The van der Waals surface area contributed by atoms with Crippen molar-refractivity contribution in [2.24, 2.45) is 0 Å². The fraction of sp³-hybridized carbons (Fsp3) is 0. The number of anilines is 3. The number of hydrogen-bond acceptors (Lipinski definition) is 2. The number of nitrogens with zero attached hydrogens (tertiary/aromatic N) is 1. The summed E-state index contributed by atoms with van der Waals surface area (Å²) in [5.41, 5.74) is 16.7. The van der Waals surface area contributed by atoms with Gasteiger partial charge in [-0.2, -0.15) is 0 Å². The zero-order chi connectivity index (χ0) is 37.3. The molecule has 10 rings (SSSR count). The van der Waals surface area contributed by atoms with Crippen molar-refractivity contribution in [1.29, 1.82) is 0 Å². The summed E-state index contributed by atoms with van der Waals surface area (Å²) in [5, 5.41) is 2.23. The van der Waals surface area contributed by atoms with Crippen molar-refractivity contribution in [2.75, 3.05) is 4.90 Å². The average molecular weight is 716 g/mol. The van der Waals surface area contributed by atoms with E-state index >= 15 is 0 Å². The topological polar surface area (TPSA) is 16.4 Å². The van der Waals surface area contributed by atoms with Gasteiger partial charge >= 0.3 is 0 Å². The standard InChI is InChI=1S/C54H37NO/c1-4-12-38(13-5-1)41-22-24-44(25-23-41)49-18-10-20-51-52-21-11-19-50(54(52)56-53(49)51)45-30-36-48(37-31-45)55(46-32-26-42(27-33-46)39-14-6-2-7-15-39)47-34-28-43(29-35-47)40-16-8-3-9-17-40/h1-37H. The molecule has 0 unspecified atom stereocenters. The minimum atomic E-state index is 0.897. The van der Waals surface area contributed by atoms with Crippen LogP contribution >= 0.6 is 0 Å². The molecule has 0 saturated heterocycles. The lowest BCUT2D eigenvalue weighted by molar-refractivity contribution is 0.671. The van der Waals surface area contributed by atoms with E-state index in [1.54, 1.807) is 0 Å². The highest BCUT2D eigenvalue weighted by atomic mass is 16.3. The Labute approximate surface area is 327 Å². The number of hydrogen-bond donors (Lipinski definition) is 0. The van der Waals surface area contributed by atoms with Gasteiger partial charge in [-0.1, -0.05) is 188 Å². The van der Waals surface area contributed by atoms with E-state index in [2.05, 4.69) is 229 Å². The van der Waals surface area contributed by atoms with Crippen LogP contribution in [0.3, 0.4) is 0 Å². The van der Waals surface area contributed by atoms with E-state index in [9.17, 15) is 0 Å². The zero-order valence-corrected chi connectivity index (χ0v) is 30.7. The SMILES string of the molecule is c1ccc(-c2ccc(-c3cccc4c3oc3c(-c5ccc(N(c6ccc(-c7ccccc7)cc6)c6ccc(-c7ccccc7)cc6)cc5)cccc34)cc2)cc1. The molecule has 0 saturated carbocycles. The van der Waals surface area contributed by atoms with Gasteiger partial charge in [0.05, 0.1) is 0 Å². The summed E-state index contributed by atoms with van der Waals surface area (Å²) in [5.74, 6) is 0. The third-order valence-corrected chi connectivity index (χ3v) is 10.7. The Morgan fingerprint density at radius 1 is 0.232 bits per heavy atom. The van der Waals surface area contributed by atoms with Crippen molar-refractivity contribution < 1.29 is 4.42 Å². The first kappa shape index (κ1) is 33.2. The molecule has 9 aromatic carbocycles. The molecule has 0 aliphatic heterocycles. The van der Waals surface area contributed by atoms with Crippen LogP contribution in [0.1, 0.15) is 0 Å². The van der Waals surface area contributed by atoms with Gasteiger partial charge in [-0.3, -0.25) is 0 Å². The highest BCUT2D eigenvalue weighted by Crippen LogP contribution is 2.42. The Morgan fingerprint density at radius 2 is 0.518 bits per heavy atom. The summed E-state index contributed by atoms with van der Waals surface area (Å²) in [6.45, 7) is 0. The second-order valence-corrected chi connectivity index (χ2v) is 14.1. The van der Waals surface area contributed by atoms with E-state index in [0.717, 1.165) is 61.3 Å². The molecule has 264 valence electrons. The van der Waals surface area contributed by atoms with Crippen LogP contribution in [0.4, 0.5) is 17.1 Å². The molecule has 0 atom stereocenters. The lowest BCUT2D eigenvalue weighted by Crippen LogP contribution is -2.09. The molecule has 0 aliphatic rings. The fourth-order valence-corrected chi connectivity index (χ4v) is 7.85. The molecule has 0 N–H and O–H groups in total. The van der Waals surface area contributed by atoms with Gasteiger partial charge in [-0.15, -0.1) is 0 Å². The number of para-hydroxylation sites is 2. The quantitative estimate of drug-likeness (QED) is 0.156. The van der Waals surface area contributed by atoms with E-state index in [-0.39, 0.29) is 0 Å². The smallest absolute Gasteiger partial charge is 0.143 e. The molecule has 2 heteroatoms. The van der Waals surface area contributed by atoms with Crippen molar-refractivity contribution in [3.63, 3.8) is 0 Å². The Balaban J connectivity index is 1.02. The maximum atomic E-state index is 6.84. The normalized spacial score (nSPS) is 11.2. The Hall–Kier alpha value is -7.42. The largest absolute Gasteiger partial charge is 0.455 e. The van der Waals surface area contributed by atoms with Crippen molar-refractivity contribution in [3.05, 3.63) is 224 Å². The zero-order valence-electron chi connectivity index (χ0n) is 30.7. The first-order chi connectivity index (χ1) is 27.8.